The molecule has 3 nitrogen and oxygen atoms in total. The molecule has 0 radical (unpaired) electrons. The first-order valence-electron chi connectivity index (χ1n) is 3.25. The first-order valence-corrected chi connectivity index (χ1v) is 3.25. The number of rotatable bonds is 2. The van der Waals surface area contributed by atoms with Gasteiger partial charge >= 0.3 is 0 Å². The maximum Gasteiger partial charge on any atom is 0.145 e. The Labute approximate surface area is 77.9 Å². The molecular weight excluding hydrogens is 178 g/mol. The Bertz CT molecular complexity index is 253. The van der Waals surface area contributed by atoms with Crippen molar-refractivity contribution in [3.63, 3.8) is 0 Å². The van der Waals surface area contributed by atoms with E-state index < -0.39 is 0 Å². The van der Waals surface area contributed by atoms with Gasteiger partial charge in [0.15, 0.2) is 0 Å². The fourth-order valence-corrected chi connectivity index (χ4v) is 0.818. The molecule has 0 amide bonds. The third-order valence-corrected chi connectivity index (χ3v) is 1.44. The Morgan fingerprint density at radius 3 is 2.33 bits per heavy atom. The maximum absolute atomic E-state index is 5.57. The highest BCUT2D eigenvalue weighted by molar-refractivity contribution is 5.85. The Kier molecular flexibility index (Phi) is 4.29. The van der Waals surface area contributed by atoms with E-state index in [0.29, 0.717) is 11.4 Å². The molecule has 0 aliphatic carbocycles. The Morgan fingerprint density at radius 2 is 1.83 bits per heavy atom. The molecule has 68 valence electrons. The highest BCUT2D eigenvalue weighted by atomic mass is 35.5. The zero-order chi connectivity index (χ0) is 8.27. The summed E-state index contributed by atoms with van der Waals surface area (Å²) in [5.41, 5.74) is 6.19. The lowest BCUT2D eigenvalue weighted by Gasteiger charge is -2.05. The van der Waals surface area contributed by atoms with Gasteiger partial charge < -0.3 is 15.2 Å². The highest BCUT2D eigenvalue weighted by Crippen LogP contribution is 2.25. The van der Waals surface area contributed by atoms with Gasteiger partial charge in [0.25, 0.3) is 0 Å². The molecule has 0 spiro atoms. The average Bonchev–Trinajstić information content (AvgIpc) is 2.05. The van der Waals surface area contributed by atoms with Crippen molar-refractivity contribution in [2.45, 2.75) is 0 Å². The van der Waals surface area contributed by atoms with E-state index in [1.165, 1.54) is 0 Å². The van der Waals surface area contributed by atoms with E-state index in [1.54, 1.807) is 32.4 Å². The van der Waals surface area contributed by atoms with Crippen LogP contribution in [0.1, 0.15) is 0 Å². The molecule has 0 saturated heterocycles. The number of nitrogens with two attached hydrogens (primary N) is 1. The Balaban J connectivity index is 0.00000121. The van der Waals surface area contributed by atoms with E-state index in [4.69, 9.17) is 15.2 Å². The van der Waals surface area contributed by atoms with Crippen LogP contribution in [0, 0.1) is 0 Å². The number of nitrogen functional groups attached to an aromatic ring is 1. The van der Waals surface area contributed by atoms with Crippen molar-refractivity contribution < 1.29 is 9.47 Å². The fourth-order valence-electron chi connectivity index (χ4n) is 0.818. The minimum atomic E-state index is 0. The van der Waals surface area contributed by atoms with Crippen molar-refractivity contribution in [2.75, 3.05) is 20.0 Å². The van der Waals surface area contributed by atoms with Crippen LogP contribution in [0.4, 0.5) is 5.69 Å². The fraction of sp³-hybridized carbons (Fsp3) is 0.250. The normalized spacial score (nSPS) is 8.50. The van der Waals surface area contributed by atoms with Crippen LogP contribution >= 0.6 is 12.4 Å². The average molecular weight is 190 g/mol. The SMILES string of the molecule is COc1ccc(N)c(OC)c1.Cl. The van der Waals surface area contributed by atoms with Crippen molar-refractivity contribution >= 4 is 18.1 Å². The molecule has 12 heavy (non-hydrogen) atoms. The summed E-state index contributed by atoms with van der Waals surface area (Å²) < 4.78 is 9.96. The molecule has 0 aliphatic rings. The molecule has 0 saturated carbocycles. The van der Waals surface area contributed by atoms with Crippen molar-refractivity contribution in [3.05, 3.63) is 18.2 Å². The maximum atomic E-state index is 5.57. The van der Waals surface area contributed by atoms with E-state index >= 15 is 0 Å². The van der Waals surface area contributed by atoms with E-state index in [2.05, 4.69) is 0 Å². The minimum absolute atomic E-state index is 0. The third kappa shape index (κ3) is 2.20. The predicted octanol–water partition coefficient (Wildman–Crippen LogP) is 1.71. The molecule has 0 atom stereocenters. The first kappa shape index (κ1) is 10.9. The summed E-state index contributed by atoms with van der Waals surface area (Å²) in [5.74, 6) is 1.39. The summed E-state index contributed by atoms with van der Waals surface area (Å²) in [5, 5.41) is 0. The first-order chi connectivity index (χ1) is 5.27. The molecular formula is C8H12ClNO2. The lowest BCUT2D eigenvalue weighted by atomic mass is 10.3. The molecule has 1 rings (SSSR count). The predicted molar refractivity (Wildman–Crippen MR) is 51.2 cm³/mol. The van der Waals surface area contributed by atoms with Crippen LogP contribution in [0.15, 0.2) is 18.2 Å². The number of benzene rings is 1. The van der Waals surface area contributed by atoms with Gasteiger partial charge in [0.2, 0.25) is 0 Å². The van der Waals surface area contributed by atoms with Gasteiger partial charge in [-0.25, -0.2) is 0 Å². The van der Waals surface area contributed by atoms with Crippen LogP contribution in [0.5, 0.6) is 11.5 Å². The minimum Gasteiger partial charge on any atom is -0.497 e. The molecule has 0 fully saturated rings. The third-order valence-electron chi connectivity index (χ3n) is 1.44. The smallest absolute Gasteiger partial charge is 0.145 e. The zero-order valence-electron chi connectivity index (χ0n) is 7.03. The van der Waals surface area contributed by atoms with Gasteiger partial charge in [0.05, 0.1) is 19.9 Å². The van der Waals surface area contributed by atoms with Crippen molar-refractivity contribution in [1.82, 2.24) is 0 Å². The summed E-state index contributed by atoms with van der Waals surface area (Å²) in [6.07, 6.45) is 0. The molecule has 0 heterocycles. The van der Waals surface area contributed by atoms with Crippen molar-refractivity contribution in [2.24, 2.45) is 0 Å². The van der Waals surface area contributed by atoms with E-state index in [1.807, 2.05) is 0 Å². The molecule has 0 aromatic heterocycles. The van der Waals surface area contributed by atoms with Crippen LogP contribution in [0.25, 0.3) is 0 Å². The van der Waals surface area contributed by atoms with Crippen LogP contribution in [0.2, 0.25) is 0 Å². The van der Waals surface area contributed by atoms with E-state index in [9.17, 15) is 0 Å². The van der Waals surface area contributed by atoms with Crippen molar-refractivity contribution in [3.8, 4) is 11.5 Å². The number of anilines is 1. The van der Waals surface area contributed by atoms with Crippen LogP contribution in [-0.4, -0.2) is 14.2 Å². The number of methoxy groups -OCH3 is 2. The van der Waals surface area contributed by atoms with Crippen molar-refractivity contribution in [1.29, 1.82) is 0 Å². The number of hydrogen-bond acceptors (Lipinski definition) is 3. The lowest BCUT2D eigenvalue weighted by molar-refractivity contribution is 0.395. The number of ether oxygens (including phenoxy) is 2. The van der Waals surface area contributed by atoms with E-state index in [0.717, 1.165) is 5.75 Å². The summed E-state index contributed by atoms with van der Waals surface area (Å²) in [7, 11) is 3.18. The second kappa shape index (κ2) is 4.72. The second-order valence-electron chi connectivity index (χ2n) is 2.11. The quantitative estimate of drug-likeness (QED) is 0.721. The monoisotopic (exact) mass is 189 g/mol. The molecule has 0 aliphatic heterocycles. The van der Waals surface area contributed by atoms with Gasteiger partial charge in [-0.05, 0) is 12.1 Å². The number of halogens is 1. The summed E-state index contributed by atoms with van der Waals surface area (Å²) >= 11 is 0. The van der Waals surface area contributed by atoms with Crippen LogP contribution < -0.4 is 15.2 Å². The lowest BCUT2D eigenvalue weighted by Crippen LogP contribution is -1.92. The zero-order valence-corrected chi connectivity index (χ0v) is 7.85. The Hall–Kier alpha value is -1.09. The summed E-state index contributed by atoms with van der Waals surface area (Å²) in [4.78, 5) is 0. The van der Waals surface area contributed by atoms with Crippen LogP contribution in [0.3, 0.4) is 0 Å². The summed E-state index contributed by atoms with van der Waals surface area (Å²) in [6, 6.07) is 5.28. The standard InChI is InChI=1S/C8H11NO2.ClH/c1-10-6-3-4-7(9)8(5-6)11-2;/h3-5H,9H2,1-2H3;1H. The molecule has 0 bridgehead atoms. The van der Waals surface area contributed by atoms with Gasteiger partial charge in [-0.1, -0.05) is 0 Å². The highest BCUT2D eigenvalue weighted by Gasteiger charge is 1.99. The topological polar surface area (TPSA) is 44.5 Å². The molecule has 1 aromatic rings. The molecule has 2 N–H and O–H groups in total. The molecule has 0 unspecified atom stereocenters. The second-order valence-corrected chi connectivity index (χ2v) is 2.11. The summed E-state index contributed by atoms with van der Waals surface area (Å²) in [6.45, 7) is 0. The van der Waals surface area contributed by atoms with E-state index in [-0.39, 0.29) is 12.4 Å². The van der Waals surface area contributed by atoms with Gasteiger partial charge in [-0.15, -0.1) is 12.4 Å². The van der Waals surface area contributed by atoms with Gasteiger partial charge in [0, 0.05) is 6.07 Å². The number of hydrogen-bond donors (Lipinski definition) is 1. The van der Waals surface area contributed by atoms with Gasteiger partial charge in [-0.3, -0.25) is 0 Å². The molecule has 4 heteroatoms. The molecule has 1 aromatic carbocycles. The van der Waals surface area contributed by atoms with Gasteiger partial charge in [0.1, 0.15) is 11.5 Å². The Morgan fingerprint density at radius 1 is 1.17 bits per heavy atom. The van der Waals surface area contributed by atoms with Gasteiger partial charge in [-0.2, -0.15) is 0 Å². The largest absolute Gasteiger partial charge is 0.497 e. The van der Waals surface area contributed by atoms with Crippen LogP contribution in [-0.2, 0) is 0 Å².